The molecule has 1 saturated heterocycles. The van der Waals surface area contributed by atoms with E-state index in [0.717, 1.165) is 25.2 Å². The number of carbonyl (C=O) groups is 1. The number of nitrogens with zero attached hydrogens (tertiary/aromatic N) is 1. The van der Waals surface area contributed by atoms with Gasteiger partial charge in [0.25, 0.3) is 0 Å². The van der Waals surface area contributed by atoms with Crippen LogP contribution in [0.1, 0.15) is 37.3 Å². The van der Waals surface area contributed by atoms with Crippen LogP contribution in [0.3, 0.4) is 0 Å². The fourth-order valence-corrected chi connectivity index (χ4v) is 2.86. The quantitative estimate of drug-likeness (QED) is 0.903. The van der Waals surface area contributed by atoms with Gasteiger partial charge in [-0.25, -0.2) is 0 Å². The van der Waals surface area contributed by atoms with Crippen molar-refractivity contribution < 1.29 is 4.79 Å². The third kappa shape index (κ3) is 3.57. The summed E-state index contributed by atoms with van der Waals surface area (Å²) in [7, 11) is 0. The molecule has 1 aliphatic heterocycles. The zero-order chi connectivity index (χ0) is 13.8. The van der Waals surface area contributed by atoms with E-state index in [-0.39, 0.29) is 5.91 Å². The molecule has 0 bridgehead atoms. The van der Waals surface area contributed by atoms with Crippen LogP contribution in [-0.2, 0) is 4.79 Å². The van der Waals surface area contributed by atoms with E-state index >= 15 is 0 Å². The van der Waals surface area contributed by atoms with Crippen molar-refractivity contribution in [1.29, 1.82) is 0 Å². The molecule has 1 aromatic carbocycles. The van der Waals surface area contributed by atoms with Crippen LogP contribution in [0.25, 0.3) is 0 Å². The predicted molar refractivity (Wildman–Crippen MR) is 79.6 cm³/mol. The van der Waals surface area contributed by atoms with Gasteiger partial charge in [-0.05, 0) is 63.4 Å². The van der Waals surface area contributed by atoms with Crippen molar-refractivity contribution in [2.75, 3.05) is 18.0 Å². The lowest BCUT2D eigenvalue weighted by Gasteiger charge is -2.23. The van der Waals surface area contributed by atoms with Gasteiger partial charge in [0, 0.05) is 24.7 Å². The first-order chi connectivity index (χ1) is 9.10. The molecule has 1 heterocycles. The van der Waals surface area contributed by atoms with Crippen LogP contribution in [0.4, 0.5) is 5.69 Å². The summed E-state index contributed by atoms with van der Waals surface area (Å²) in [5.74, 6) is 0.229. The SMILES string of the molecule is CCN(C(=O)CC1CCCN1)c1cc(C)cc(C)c1. The fraction of sp³-hybridized carbons (Fsp3) is 0.562. The molecule has 1 N–H and O–H groups in total. The summed E-state index contributed by atoms with van der Waals surface area (Å²) in [5.41, 5.74) is 3.45. The average Bonchev–Trinajstić information content (AvgIpc) is 2.81. The lowest BCUT2D eigenvalue weighted by atomic mass is 10.1. The summed E-state index contributed by atoms with van der Waals surface area (Å²) in [6.45, 7) is 7.97. The Hall–Kier alpha value is -1.35. The van der Waals surface area contributed by atoms with Gasteiger partial charge in [0.05, 0.1) is 0 Å². The molecule has 3 nitrogen and oxygen atoms in total. The predicted octanol–water partition coefficient (Wildman–Crippen LogP) is 2.80. The van der Waals surface area contributed by atoms with E-state index in [4.69, 9.17) is 0 Å². The Kier molecular flexibility index (Phi) is 4.59. The third-order valence-electron chi connectivity index (χ3n) is 3.72. The Morgan fingerprint density at radius 1 is 1.32 bits per heavy atom. The molecule has 0 spiro atoms. The Labute approximate surface area is 116 Å². The molecule has 1 amide bonds. The highest BCUT2D eigenvalue weighted by atomic mass is 16.2. The first-order valence-corrected chi connectivity index (χ1v) is 7.22. The normalized spacial score (nSPS) is 18.6. The second-order valence-corrected chi connectivity index (χ2v) is 5.48. The van der Waals surface area contributed by atoms with Crippen LogP contribution in [0.2, 0.25) is 0 Å². The van der Waals surface area contributed by atoms with E-state index in [1.807, 2.05) is 11.8 Å². The molecule has 1 fully saturated rings. The van der Waals surface area contributed by atoms with E-state index < -0.39 is 0 Å². The summed E-state index contributed by atoms with van der Waals surface area (Å²) in [6, 6.07) is 6.69. The maximum Gasteiger partial charge on any atom is 0.228 e. The second-order valence-electron chi connectivity index (χ2n) is 5.48. The molecule has 1 unspecified atom stereocenters. The molecule has 1 aliphatic rings. The number of rotatable bonds is 4. The van der Waals surface area contributed by atoms with Crippen molar-refractivity contribution in [1.82, 2.24) is 5.32 Å². The summed E-state index contributed by atoms with van der Waals surface area (Å²) in [5, 5.41) is 3.39. The summed E-state index contributed by atoms with van der Waals surface area (Å²) < 4.78 is 0. The molecule has 1 aromatic rings. The van der Waals surface area contributed by atoms with E-state index in [2.05, 4.69) is 37.4 Å². The molecular weight excluding hydrogens is 236 g/mol. The number of hydrogen-bond acceptors (Lipinski definition) is 2. The van der Waals surface area contributed by atoms with Gasteiger partial charge in [0.2, 0.25) is 5.91 Å². The lowest BCUT2D eigenvalue weighted by Crippen LogP contribution is -2.36. The second kappa shape index (κ2) is 6.20. The number of hydrogen-bond donors (Lipinski definition) is 1. The Balaban J connectivity index is 2.11. The zero-order valence-electron chi connectivity index (χ0n) is 12.2. The highest BCUT2D eigenvalue weighted by Gasteiger charge is 2.21. The van der Waals surface area contributed by atoms with Crippen LogP contribution in [0.15, 0.2) is 18.2 Å². The minimum Gasteiger partial charge on any atom is -0.313 e. The largest absolute Gasteiger partial charge is 0.313 e. The Morgan fingerprint density at radius 2 is 2.00 bits per heavy atom. The van der Waals surface area contributed by atoms with Crippen LogP contribution in [0.5, 0.6) is 0 Å². The average molecular weight is 260 g/mol. The smallest absolute Gasteiger partial charge is 0.228 e. The minimum atomic E-state index is 0.229. The van der Waals surface area contributed by atoms with E-state index in [0.29, 0.717) is 12.5 Å². The molecule has 0 aliphatic carbocycles. The number of benzene rings is 1. The maximum absolute atomic E-state index is 12.4. The summed E-state index contributed by atoms with van der Waals surface area (Å²) >= 11 is 0. The van der Waals surface area contributed by atoms with E-state index in [9.17, 15) is 4.79 Å². The van der Waals surface area contributed by atoms with Gasteiger partial charge >= 0.3 is 0 Å². The monoisotopic (exact) mass is 260 g/mol. The summed E-state index contributed by atoms with van der Waals surface area (Å²) in [4.78, 5) is 14.3. The fourth-order valence-electron chi connectivity index (χ4n) is 2.86. The number of carbonyl (C=O) groups excluding carboxylic acids is 1. The lowest BCUT2D eigenvalue weighted by molar-refractivity contribution is -0.119. The highest BCUT2D eigenvalue weighted by Crippen LogP contribution is 2.20. The highest BCUT2D eigenvalue weighted by molar-refractivity contribution is 5.93. The minimum absolute atomic E-state index is 0.229. The molecule has 104 valence electrons. The molecule has 3 heteroatoms. The zero-order valence-corrected chi connectivity index (χ0v) is 12.2. The first kappa shape index (κ1) is 14.1. The van der Waals surface area contributed by atoms with Crippen LogP contribution < -0.4 is 10.2 Å². The standard InChI is InChI=1S/C16H24N2O/c1-4-18(15-9-12(2)8-13(3)10-15)16(19)11-14-6-5-7-17-14/h8-10,14,17H,4-7,11H2,1-3H3. The van der Waals surface area contributed by atoms with E-state index in [1.165, 1.54) is 17.5 Å². The molecular formula is C16H24N2O. The molecule has 1 atom stereocenters. The van der Waals surface area contributed by atoms with Gasteiger partial charge in [-0.3, -0.25) is 4.79 Å². The number of amides is 1. The molecule has 0 aromatic heterocycles. The Morgan fingerprint density at radius 3 is 2.53 bits per heavy atom. The first-order valence-electron chi connectivity index (χ1n) is 7.22. The van der Waals surface area contributed by atoms with Crippen LogP contribution >= 0.6 is 0 Å². The van der Waals surface area contributed by atoms with Gasteiger partial charge in [-0.2, -0.15) is 0 Å². The number of anilines is 1. The van der Waals surface area contributed by atoms with Crippen molar-refractivity contribution >= 4 is 11.6 Å². The van der Waals surface area contributed by atoms with Crippen molar-refractivity contribution in [3.8, 4) is 0 Å². The van der Waals surface area contributed by atoms with Gasteiger partial charge in [0.15, 0.2) is 0 Å². The molecule has 19 heavy (non-hydrogen) atoms. The van der Waals surface area contributed by atoms with Gasteiger partial charge in [0.1, 0.15) is 0 Å². The van der Waals surface area contributed by atoms with Crippen molar-refractivity contribution in [2.24, 2.45) is 0 Å². The topological polar surface area (TPSA) is 32.3 Å². The number of nitrogens with one attached hydrogen (secondary N) is 1. The maximum atomic E-state index is 12.4. The van der Waals surface area contributed by atoms with Crippen LogP contribution in [-0.4, -0.2) is 25.0 Å². The molecule has 0 saturated carbocycles. The van der Waals surface area contributed by atoms with Gasteiger partial charge < -0.3 is 10.2 Å². The van der Waals surface area contributed by atoms with Crippen molar-refractivity contribution in [3.05, 3.63) is 29.3 Å². The Bertz CT molecular complexity index is 430. The van der Waals surface area contributed by atoms with E-state index in [1.54, 1.807) is 0 Å². The third-order valence-corrected chi connectivity index (χ3v) is 3.72. The van der Waals surface area contributed by atoms with Crippen molar-refractivity contribution in [3.63, 3.8) is 0 Å². The molecule has 2 rings (SSSR count). The summed E-state index contributed by atoms with van der Waals surface area (Å²) in [6.07, 6.45) is 2.92. The number of aryl methyl sites for hydroxylation is 2. The molecule has 0 radical (unpaired) electrons. The van der Waals surface area contributed by atoms with Crippen molar-refractivity contribution in [2.45, 2.75) is 46.1 Å². The van der Waals surface area contributed by atoms with Crippen LogP contribution in [0, 0.1) is 13.8 Å². The van der Waals surface area contributed by atoms with Gasteiger partial charge in [-0.1, -0.05) is 6.07 Å². The van der Waals surface area contributed by atoms with Gasteiger partial charge in [-0.15, -0.1) is 0 Å².